The van der Waals surface area contributed by atoms with Crippen LogP contribution in [0.3, 0.4) is 0 Å². The van der Waals surface area contributed by atoms with Gasteiger partial charge in [0.2, 0.25) is 6.08 Å². The number of rotatable bonds is 2. The van der Waals surface area contributed by atoms with Crippen LogP contribution in [0.2, 0.25) is 0 Å². The highest BCUT2D eigenvalue weighted by atomic mass is 79.9. The molecule has 2 nitrogen and oxygen atoms in total. The molecule has 0 saturated carbocycles. The maximum absolute atomic E-state index is 10.2. The van der Waals surface area contributed by atoms with E-state index in [1.807, 2.05) is 39.0 Å². The summed E-state index contributed by atoms with van der Waals surface area (Å²) < 4.78 is 1.06. The normalized spacial score (nSPS) is 10.9. The lowest BCUT2D eigenvalue weighted by Crippen LogP contribution is -2.13. The Morgan fingerprint density at radius 3 is 2.57 bits per heavy atom. The molecular formula is C11H12BrNO. The average molecular weight is 254 g/mol. The summed E-state index contributed by atoms with van der Waals surface area (Å²) in [5.41, 5.74) is 1.66. The van der Waals surface area contributed by atoms with Crippen molar-refractivity contribution < 1.29 is 4.79 Å². The highest BCUT2D eigenvalue weighted by molar-refractivity contribution is 9.10. The Morgan fingerprint density at radius 1 is 1.43 bits per heavy atom. The van der Waals surface area contributed by atoms with E-state index in [0.717, 1.165) is 15.6 Å². The van der Waals surface area contributed by atoms with Gasteiger partial charge in [-0.15, -0.1) is 0 Å². The summed E-state index contributed by atoms with van der Waals surface area (Å²) in [6.07, 6.45) is 1.60. The van der Waals surface area contributed by atoms with Crippen LogP contribution in [-0.2, 0) is 10.3 Å². The fourth-order valence-electron chi connectivity index (χ4n) is 1.20. The van der Waals surface area contributed by atoms with Crippen LogP contribution in [0.1, 0.15) is 25.0 Å². The van der Waals surface area contributed by atoms with Crippen LogP contribution < -0.4 is 0 Å². The van der Waals surface area contributed by atoms with E-state index in [4.69, 9.17) is 0 Å². The monoisotopic (exact) mass is 253 g/mol. The third-order valence-corrected chi connectivity index (χ3v) is 3.08. The molecule has 0 aliphatic heterocycles. The number of hydrogen-bond donors (Lipinski definition) is 0. The smallest absolute Gasteiger partial charge is 0.211 e. The zero-order valence-corrected chi connectivity index (χ0v) is 10.1. The predicted octanol–water partition coefficient (Wildman–Crippen LogP) is 3.33. The van der Waals surface area contributed by atoms with Gasteiger partial charge in [0, 0.05) is 4.47 Å². The molecule has 0 amide bonds. The summed E-state index contributed by atoms with van der Waals surface area (Å²) >= 11 is 3.43. The van der Waals surface area contributed by atoms with Gasteiger partial charge >= 0.3 is 0 Å². The first-order valence-electron chi connectivity index (χ1n) is 4.33. The standard InChI is InChI=1S/C11H12BrNO/c1-8-6-9(4-5-10(8)12)11(2,3)13-7-14/h4-6H,1-3H3. The van der Waals surface area contributed by atoms with Gasteiger partial charge in [0.05, 0.1) is 5.54 Å². The lowest BCUT2D eigenvalue weighted by molar-refractivity contribution is 0.522. The first kappa shape index (κ1) is 11.2. The van der Waals surface area contributed by atoms with Gasteiger partial charge in [-0.1, -0.05) is 28.1 Å². The molecular weight excluding hydrogens is 242 g/mol. The Hall–Kier alpha value is -0.920. The largest absolute Gasteiger partial charge is 0.235 e. The van der Waals surface area contributed by atoms with Gasteiger partial charge < -0.3 is 0 Å². The minimum Gasteiger partial charge on any atom is -0.211 e. The van der Waals surface area contributed by atoms with Crippen LogP contribution in [0, 0.1) is 6.92 Å². The molecule has 1 aromatic carbocycles. The third kappa shape index (κ3) is 2.31. The molecule has 0 fully saturated rings. The number of aliphatic imine (C=N–C) groups is 1. The number of carbonyl (C=O) groups excluding carboxylic acids is 1. The second-order valence-corrected chi connectivity index (χ2v) is 4.58. The number of aryl methyl sites for hydroxylation is 1. The maximum atomic E-state index is 10.2. The Labute approximate surface area is 92.2 Å². The van der Waals surface area contributed by atoms with E-state index in [-0.39, 0.29) is 0 Å². The number of isocyanates is 1. The van der Waals surface area contributed by atoms with E-state index in [0.29, 0.717) is 0 Å². The topological polar surface area (TPSA) is 29.4 Å². The zero-order chi connectivity index (χ0) is 10.8. The van der Waals surface area contributed by atoms with E-state index < -0.39 is 5.54 Å². The fraction of sp³-hybridized carbons (Fsp3) is 0.364. The highest BCUT2D eigenvalue weighted by Gasteiger charge is 2.19. The molecule has 0 aliphatic carbocycles. The molecule has 0 radical (unpaired) electrons. The lowest BCUT2D eigenvalue weighted by atomic mass is 9.94. The average Bonchev–Trinajstić information content (AvgIpc) is 2.09. The van der Waals surface area contributed by atoms with Gasteiger partial charge in [-0.3, -0.25) is 0 Å². The molecule has 0 aliphatic rings. The molecule has 14 heavy (non-hydrogen) atoms. The quantitative estimate of drug-likeness (QED) is 0.588. The van der Waals surface area contributed by atoms with Gasteiger partial charge in [0.15, 0.2) is 0 Å². The zero-order valence-electron chi connectivity index (χ0n) is 8.47. The summed E-state index contributed by atoms with van der Waals surface area (Å²) in [5.74, 6) is 0. The van der Waals surface area contributed by atoms with Crippen LogP contribution in [0.25, 0.3) is 0 Å². The minimum absolute atomic E-state index is 0.493. The molecule has 0 heterocycles. The Kier molecular flexibility index (Phi) is 3.25. The first-order chi connectivity index (χ1) is 6.47. The number of nitrogens with zero attached hydrogens (tertiary/aromatic N) is 1. The SMILES string of the molecule is Cc1cc(C(C)(C)N=C=O)ccc1Br. The number of benzene rings is 1. The van der Waals surface area contributed by atoms with Gasteiger partial charge in [0.1, 0.15) is 0 Å². The van der Waals surface area contributed by atoms with Gasteiger partial charge in [-0.05, 0) is 38.0 Å². The van der Waals surface area contributed by atoms with Crippen molar-refractivity contribution >= 4 is 22.0 Å². The Bertz CT molecular complexity index is 392. The predicted molar refractivity (Wildman–Crippen MR) is 60.0 cm³/mol. The summed E-state index contributed by atoms with van der Waals surface area (Å²) in [6.45, 7) is 5.79. The summed E-state index contributed by atoms with van der Waals surface area (Å²) in [6, 6.07) is 5.94. The summed E-state index contributed by atoms with van der Waals surface area (Å²) in [5, 5.41) is 0. The van der Waals surface area contributed by atoms with Crippen LogP contribution >= 0.6 is 15.9 Å². The first-order valence-corrected chi connectivity index (χ1v) is 5.12. The van der Waals surface area contributed by atoms with Crippen molar-refractivity contribution in [1.29, 1.82) is 0 Å². The molecule has 1 aromatic rings. The second kappa shape index (κ2) is 4.07. The van der Waals surface area contributed by atoms with Crippen LogP contribution in [0.5, 0.6) is 0 Å². The van der Waals surface area contributed by atoms with E-state index in [1.165, 1.54) is 0 Å². The Balaban J connectivity index is 3.20. The molecule has 0 atom stereocenters. The molecule has 0 spiro atoms. The van der Waals surface area contributed by atoms with Crippen LogP contribution in [0.15, 0.2) is 27.7 Å². The molecule has 1 rings (SSSR count). The summed E-state index contributed by atoms with van der Waals surface area (Å²) in [4.78, 5) is 14.0. The molecule has 0 N–H and O–H groups in total. The number of hydrogen-bond acceptors (Lipinski definition) is 2. The molecule has 74 valence electrons. The van der Waals surface area contributed by atoms with E-state index in [2.05, 4.69) is 20.9 Å². The molecule has 3 heteroatoms. The van der Waals surface area contributed by atoms with Crippen molar-refractivity contribution in [3.8, 4) is 0 Å². The van der Waals surface area contributed by atoms with Gasteiger partial charge in [0.25, 0.3) is 0 Å². The highest BCUT2D eigenvalue weighted by Crippen LogP contribution is 2.27. The van der Waals surface area contributed by atoms with Crippen molar-refractivity contribution in [2.24, 2.45) is 4.99 Å². The van der Waals surface area contributed by atoms with E-state index >= 15 is 0 Å². The summed E-state index contributed by atoms with van der Waals surface area (Å²) in [7, 11) is 0. The van der Waals surface area contributed by atoms with Crippen molar-refractivity contribution in [1.82, 2.24) is 0 Å². The van der Waals surface area contributed by atoms with E-state index in [1.54, 1.807) is 6.08 Å². The molecule has 0 aromatic heterocycles. The lowest BCUT2D eigenvalue weighted by Gasteiger charge is -2.18. The molecule has 0 bridgehead atoms. The van der Waals surface area contributed by atoms with Crippen molar-refractivity contribution in [2.75, 3.05) is 0 Å². The minimum atomic E-state index is -0.493. The van der Waals surface area contributed by atoms with Crippen LogP contribution in [0.4, 0.5) is 0 Å². The van der Waals surface area contributed by atoms with Gasteiger partial charge in [-0.2, -0.15) is 4.99 Å². The molecule has 0 saturated heterocycles. The number of halogens is 1. The van der Waals surface area contributed by atoms with E-state index in [9.17, 15) is 4.79 Å². The maximum Gasteiger partial charge on any atom is 0.235 e. The van der Waals surface area contributed by atoms with Crippen molar-refractivity contribution in [3.63, 3.8) is 0 Å². The van der Waals surface area contributed by atoms with Crippen molar-refractivity contribution in [2.45, 2.75) is 26.3 Å². The second-order valence-electron chi connectivity index (χ2n) is 3.73. The Morgan fingerprint density at radius 2 is 2.07 bits per heavy atom. The van der Waals surface area contributed by atoms with Crippen molar-refractivity contribution in [3.05, 3.63) is 33.8 Å². The third-order valence-electron chi connectivity index (χ3n) is 2.19. The van der Waals surface area contributed by atoms with Gasteiger partial charge in [-0.25, -0.2) is 4.79 Å². The van der Waals surface area contributed by atoms with Crippen LogP contribution in [-0.4, -0.2) is 6.08 Å². The fourth-order valence-corrected chi connectivity index (χ4v) is 1.45. The molecule has 0 unspecified atom stereocenters.